The van der Waals surface area contributed by atoms with Crippen LogP contribution in [0, 0.1) is 0 Å². The van der Waals surface area contributed by atoms with Gasteiger partial charge in [-0.15, -0.1) is 10.2 Å². The number of para-hydroxylation sites is 1. The first-order valence-corrected chi connectivity index (χ1v) is 12.9. The molecule has 0 fully saturated rings. The Morgan fingerprint density at radius 2 is 1.63 bits per heavy atom. The quantitative estimate of drug-likeness (QED) is 0.272. The average Bonchev–Trinajstić information content (AvgIpc) is 3.58. The topological polar surface area (TPSA) is 123 Å². The van der Waals surface area contributed by atoms with Crippen molar-refractivity contribution in [3.05, 3.63) is 48.5 Å². The molecule has 0 spiro atoms. The van der Waals surface area contributed by atoms with E-state index in [1.807, 2.05) is 62.8 Å². The minimum Gasteiger partial charge on any atom is -0.494 e. The Labute approximate surface area is 226 Å². The molecule has 3 aromatic heterocycles. The number of aryl methyl sites for hydroxylation is 1. The van der Waals surface area contributed by atoms with E-state index in [-0.39, 0.29) is 11.4 Å². The average molecular weight is 543 g/mol. The number of aromatic nitrogens is 7. The molecule has 0 aliphatic carbocycles. The van der Waals surface area contributed by atoms with Gasteiger partial charge in [-0.25, -0.2) is 4.98 Å². The lowest BCUT2D eigenvalue weighted by atomic mass is 10.2. The first kappa shape index (κ1) is 28.7. The summed E-state index contributed by atoms with van der Waals surface area (Å²) in [6.45, 7) is 6.02. The Hall–Kier alpha value is -3.84. The second kappa shape index (κ2) is 13.6. The van der Waals surface area contributed by atoms with Crippen LogP contribution in [0.25, 0.3) is 17.2 Å². The normalized spacial score (nSPS) is 12.2. The van der Waals surface area contributed by atoms with E-state index >= 15 is 0 Å². The van der Waals surface area contributed by atoms with Gasteiger partial charge in [0.05, 0.1) is 44.7 Å². The predicted molar refractivity (Wildman–Crippen MR) is 147 cm³/mol. The number of nitrogens with zero attached hydrogens (tertiary/aromatic N) is 7. The van der Waals surface area contributed by atoms with Gasteiger partial charge in [-0.2, -0.15) is 5.10 Å². The fourth-order valence-corrected chi connectivity index (χ4v) is 4.45. The predicted octanol–water partition coefficient (Wildman–Crippen LogP) is 4.35. The number of hydrogen-bond donors (Lipinski definition) is 1. The third-order valence-electron chi connectivity index (χ3n) is 5.40. The molecular formula is C25H34N8O4S. The second-order valence-corrected chi connectivity index (χ2v) is 8.82. The van der Waals surface area contributed by atoms with Crippen LogP contribution >= 0.6 is 11.9 Å². The molecule has 38 heavy (non-hydrogen) atoms. The van der Waals surface area contributed by atoms with Gasteiger partial charge in [-0.3, -0.25) is 19.0 Å². The highest BCUT2D eigenvalue weighted by atomic mass is 32.2. The highest BCUT2D eigenvalue weighted by Crippen LogP contribution is 2.38. The van der Waals surface area contributed by atoms with Crippen molar-refractivity contribution in [2.45, 2.75) is 32.1 Å². The van der Waals surface area contributed by atoms with E-state index in [2.05, 4.69) is 30.0 Å². The van der Waals surface area contributed by atoms with E-state index in [0.29, 0.717) is 46.2 Å². The zero-order valence-corrected chi connectivity index (χ0v) is 23.7. The van der Waals surface area contributed by atoms with Gasteiger partial charge < -0.3 is 18.9 Å². The van der Waals surface area contributed by atoms with Crippen LogP contribution in [0.5, 0.6) is 17.4 Å². The summed E-state index contributed by atoms with van der Waals surface area (Å²) in [5, 5.41) is 13.3. The molecule has 4 rings (SSSR count). The standard InChI is InChI=1S/C23H28N8O4S.C2H6/c1-14(21(35-6)16-12-25-19(34-5)13-24-16)36-29-23-27-26-22(15-10-11-30(2)28-15)31(23)20-17(32-3)8-7-9-18(20)33-4;1-2/h7-14,21H,1-6H3,(H,27,29);1-2H3. The molecule has 12 nitrogen and oxygen atoms in total. The van der Waals surface area contributed by atoms with E-state index < -0.39 is 0 Å². The molecule has 0 radical (unpaired) electrons. The Morgan fingerprint density at radius 1 is 0.921 bits per heavy atom. The molecule has 13 heteroatoms. The minimum absolute atomic E-state index is 0.0827. The molecule has 0 aliphatic rings. The number of nitrogens with one attached hydrogen (secondary N) is 1. The molecule has 3 heterocycles. The highest BCUT2D eigenvalue weighted by molar-refractivity contribution is 8.01. The number of benzene rings is 1. The highest BCUT2D eigenvalue weighted by Gasteiger charge is 2.26. The molecule has 0 saturated heterocycles. The van der Waals surface area contributed by atoms with Gasteiger partial charge >= 0.3 is 0 Å². The van der Waals surface area contributed by atoms with Crippen LogP contribution in [-0.2, 0) is 11.8 Å². The van der Waals surface area contributed by atoms with Crippen molar-refractivity contribution in [1.29, 1.82) is 0 Å². The maximum atomic E-state index is 5.73. The van der Waals surface area contributed by atoms with Gasteiger partial charge in [0.15, 0.2) is 5.82 Å². The Bertz CT molecular complexity index is 1270. The van der Waals surface area contributed by atoms with Crippen molar-refractivity contribution < 1.29 is 18.9 Å². The monoisotopic (exact) mass is 542 g/mol. The molecule has 0 aliphatic heterocycles. The maximum Gasteiger partial charge on any atom is 0.239 e. The summed E-state index contributed by atoms with van der Waals surface area (Å²) in [7, 11) is 8.23. The van der Waals surface area contributed by atoms with Gasteiger partial charge in [0, 0.05) is 20.4 Å². The number of rotatable bonds is 11. The number of ether oxygens (including phenoxy) is 4. The fraction of sp³-hybridized carbons (Fsp3) is 0.400. The largest absolute Gasteiger partial charge is 0.494 e. The van der Waals surface area contributed by atoms with Crippen molar-refractivity contribution in [3.63, 3.8) is 0 Å². The lowest BCUT2D eigenvalue weighted by Crippen LogP contribution is -2.18. The van der Waals surface area contributed by atoms with Crippen molar-refractivity contribution in [3.8, 4) is 34.6 Å². The fourth-order valence-electron chi connectivity index (χ4n) is 3.65. The molecule has 1 N–H and O–H groups in total. The van der Waals surface area contributed by atoms with E-state index in [1.54, 1.807) is 45.5 Å². The van der Waals surface area contributed by atoms with Crippen LogP contribution in [0.15, 0.2) is 42.9 Å². The Morgan fingerprint density at radius 3 is 2.16 bits per heavy atom. The van der Waals surface area contributed by atoms with Gasteiger partial charge in [0.2, 0.25) is 11.8 Å². The smallest absolute Gasteiger partial charge is 0.239 e. The van der Waals surface area contributed by atoms with Crippen molar-refractivity contribution in [2.75, 3.05) is 33.2 Å². The molecule has 0 amide bonds. The first-order chi connectivity index (χ1) is 18.5. The van der Waals surface area contributed by atoms with Gasteiger partial charge in [0.1, 0.15) is 29.0 Å². The molecule has 2 unspecified atom stereocenters. The molecular weight excluding hydrogens is 508 g/mol. The van der Waals surface area contributed by atoms with Crippen LogP contribution in [-0.4, -0.2) is 68.2 Å². The molecule has 4 aromatic rings. The third kappa shape index (κ3) is 6.17. The maximum absolute atomic E-state index is 5.73. The number of hydrogen-bond acceptors (Lipinski definition) is 11. The van der Waals surface area contributed by atoms with E-state index in [0.717, 1.165) is 0 Å². The molecule has 1 aromatic carbocycles. The summed E-state index contributed by atoms with van der Waals surface area (Å²) in [4.78, 5) is 8.66. The van der Waals surface area contributed by atoms with Crippen LogP contribution < -0.4 is 18.9 Å². The van der Waals surface area contributed by atoms with E-state index in [9.17, 15) is 0 Å². The third-order valence-corrected chi connectivity index (χ3v) is 6.32. The lowest BCUT2D eigenvalue weighted by molar-refractivity contribution is 0.101. The van der Waals surface area contributed by atoms with Crippen molar-refractivity contribution >= 4 is 17.9 Å². The Kier molecular flexibility index (Phi) is 10.3. The van der Waals surface area contributed by atoms with Crippen molar-refractivity contribution in [2.24, 2.45) is 7.05 Å². The molecule has 0 saturated carbocycles. The van der Waals surface area contributed by atoms with Crippen LogP contribution in [0.2, 0.25) is 0 Å². The van der Waals surface area contributed by atoms with Gasteiger partial charge in [-0.05, 0) is 37.1 Å². The molecule has 0 bridgehead atoms. The van der Waals surface area contributed by atoms with E-state index in [1.165, 1.54) is 11.9 Å². The second-order valence-electron chi connectivity index (χ2n) is 7.63. The van der Waals surface area contributed by atoms with E-state index in [4.69, 9.17) is 18.9 Å². The van der Waals surface area contributed by atoms with Crippen LogP contribution in [0.4, 0.5) is 5.95 Å². The van der Waals surface area contributed by atoms with Gasteiger partial charge in [-0.1, -0.05) is 19.9 Å². The SMILES string of the molecule is CC.COc1cnc(C(OC)C(C)SNc2nnc(-c3ccn(C)n3)n2-c2c(OC)cccc2OC)cn1. The van der Waals surface area contributed by atoms with Crippen LogP contribution in [0.1, 0.15) is 32.6 Å². The first-order valence-electron chi connectivity index (χ1n) is 12.0. The number of anilines is 1. The van der Waals surface area contributed by atoms with Crippen LogP contribution in [0.3, 0.4) is 0 Å². The summed E-state index contributed by atoms with van der Waals surface area (Å²) in [6, 6.07) is 7.42. The zero-order chi connectivity index (χ0) is 27.7. The summed E-state index contributed by atoms with van der Waals surface area (Å²) >= 11 is 1.41. The molecule has 204 valence electrons. The summed E-state index contributed by atoms with van der Waals surface area (Å²) in [5.74, 6) is 2.61. The summed E-state index contributed by atoms with van der Waals surface area (Å²) in [6.07, 6.45) is 4.71. The number of methoxy groups -OCH3 is 4. The van der Waals surface area contributed by atoms with Gasteiger partial charge in [0.25, 0.3) is 0 Å². The summed E-state index contributed by atoms with van der Waals surface area (Å²) in [5.41, 5.74) is 1.97. The zero-order valence-electron chi connectivity index (χ0n) is 22.9. The molecule has 2 atom stereocenters. The lowest BCUT2D eigenvalue weighted by Gasteiger charge is -2.22. The summed E-state index contributed by atoms with van der Waals surface area (Å²) < 4.78 is 29.0. The van der Waals surface area contributed by atoms with Crippen molar-refractivity contribution in [1.82, 2.24) is 34.5 Å². The Balaban J connectivity index is 0.00000195. The minimum atomic E-state index is -0.340.